The van der Waals surface area contributed by atoms with Crippen molar-refractivity contribution in [1.29, 1.82) is 0 Å². The van der Waals surface area contributed by atoms with E-state index in [-0.39, 0.29) is 98.4 Å². The van der Waals surface area contributed by atoms with Crippen LogP contribution in [0.15, 0.2) is 65.7 Å². The predicted molar refractivity (Wildman–Crippen MR) is 252 cm³/mol. The molecule has 3 aliphatic rings. The normalized spacial score (nSPS) is 16.7. The first-order valence-electron chi connectivity index (χ1n) is 23.1. The lowest BCUT2D eigenvalue weighted by Crippen LogP contribution is -2.54. The molecule has 362 valence electrons. The molecular formula is C50H58ClN5O11S. The Bertz CT molecular complexity index is 2670. The lowest BCUT2D eigenvalue weighted by molar-refractivity contribution is -0.136. The number of halogens is 1. The number of nitrogens with one attached hydrogen (secondary N) is 1. The number of carbonyl (C=O) groups excluding carboxylic acids is 5. The fourth-order valence-electron chi connectivity index (χ4n) is 8.78. The molecule has 2 fully saturated rings. The van der Waals surface area contributed by atoms with Gasteiger partial charge in [0, 0.05) is 44.1 Å². The lowest BCUT2D eigenvalue weighted by atomic mass is 9.85. The molecule has 3 aliphatic heterocycles. The van der Waals surface area contributed by atoms with Gasteiger partial charge in [-0.1, -0.05) is 41.9 Å². The van der Waals surface area contributed by atoms with Gasteiger partial charge in [0.1, 0.15) is 30.0 Å². The highest BCUT2D eigenvalue weighted by atomic mass is 35.5. The van der Waals surface area contributed by atoms with Crippen molar-refractivity contribution in [2.75, 3.05) is 46.1 Å². The van der Waals surface area contributed by atoms with E-state index in [0.29, 0.717) is 41.6 Å². The third kappa shape index (κ3) is 11.6. The second-order valence-corrected chi connectivity index (χ2v) is 20.6. The molecule has 1 aromatic heterocycles. The monoisotopic (exact) mass is 971 g/mol. The van der Waals surface area contributed by atoms with E-state index in [0.717, 1.165) is 34.6 Å². The number of benzene rings is 3. The quantitative estimate of drug-likeness (QED) is 0.0776. The topological polar surface area (TPSA) is 201 Å². The van der Waals surface area contributed by atoms with Gasteiger partial charge in [-0.2, -0.15) is 0 Å². The molecule has 0 radical (unpaired) electrons. The number of rotatable bonds is 20. The zero-order chi connectivity index (χ0) is 48.7. The summed E-state index contributed by atoms with van der Waals surface area (Å²) in [5, 5.41) is 1.97. The number of amides is 5. The molecule has 1 atom stereocenters. The number of likely N-dealkylation sites (tertiary alicyclic amines) is 1. The van der Waals surface area contributed by atoms with E-state index in [4.69, 9.17) is 35.5 Å². The minimum atomic E-state index is -3.52. The lowest BCUT2D eigenvalue weighted by Gasteiger charge is -2.33. The molecular weight excluding hydrogens is 914 g/mol. The first-order valence-corrected chi connectivity index (χ1v) is 25.0. The minimum absolute atomic E-state index is 0.0284. The second-order valence-electron chi connectivity index (χ2n) is 17.7. The summed E-state index contributed by atoms with van der Waals surface area (Å²) in [6.07, 6.45) is 4.04. The largest absolute Gasteiger partial charge is 0.491 e. The van der Waals surface area contributed by atoms with Crippen molar-refractivity contribution >= 4 is 51.0 Å². The number of imide groups is 2. The summed E-state index contributed by atoms with van der Waals surface area (Å²) in [5.41, 5.74) is 4.59. The van der Waals surface area contributed by atoms with E-state index in [9.17, 15) is 32.4 Å². The van der Waals surface area contributed by atoms with E-state index < -0.39 is 44.8 Å². The van der Waals surface area contributed by atoms with E-state index in [1.165, 1.54) is 11.6 Å². The predicted octanol–water partition coefficient (Wildman–Crippen LogP) is 6.20. The van der Waals surface area contributed by atoms with Gasteiger partial charge in [0.05, 0.1) is 70.9 Å². The zero-order valence-electron chi connectivity index (χ0n) is 39.0. The molecule has 68 heavy (non-hydrogen) atoms. The molecule has 1 unspecified atom stereocenters. The SMILES string of the molecule is Cc1cc(Cc2ncc(Cl)c(Cc3ccccc3S(=O)(=O)C(C)C)n2)c(OC(C)C)cc1C1CCN(C(=O)CCOCCOCCOc2cccc3c2C(=O)N(C2CCC(=O)NC2=O)C3=O)CC1. The Morgan fingerprint density at radius 1 is 0.853 bits per heavy atom. The number of hydrogen-bond donors (Lipinski definition) is 1. The van der Waals surface area contributed by atoms with Crippen LogP contribution in [0.4, 0.5) is 0 Å². The van der Waals surface area contributed by atoms with Crippen molar-refractivity contribution < 1.29 is 51.3 Å². The number of nitrogens with zero attached hydrogens (tertiary/aromatic N) is 4. The molecule has 2 saturated heterocycles. The van der Waals surface area contributed by atoms with Gasteiger partial charge < -0.3 is 23.8 Å². The van der Waals surface area contributed by atoms with Gasteiger partial charge in [0.25, 0.3) is 11.8 Å². The van der Waals surface area contributed by atoms with Crippen LogP contribution in [0.3, 0.4) is 0 Å². The highest BCUT2D eigenvalue weighted by molar-refractivity contribution is 7.92. The summed E-state index contributed by atoms with van der Waals surface area (Å²) in [4.78, 5) is 75.9. The van der Waals surface area contributed by atoms with Crippen molar-refractivity contribution in [3.8, 4) is 11.5 Å². The maximum absolute atomic E-state index is 13.3. The third-order valence-electron chi connectivity index (χ3n) is 12.3. The fraction of sp³-hybridized carbons (Fsp3) is 0.460. The van der Waals surface area contributed by atoms with Crippen molar-refractivity contribution in [2.24, 2.45) is 0 Å². The van der Waals surface area contributed by atoms with Crippen LogP contribution in [0.25, 0.3) is 0 Å². The average molecular weight is 973 g/mol. The number of ether oxygens (including phenoxy) is 4. The number of sulfone groups is 1. The van der Waals surface area contributed by atoms with Gasteiger partial charge in [0.2, 0.25) is 17.7 Å². The summed E-state index contributed by atoms with van der Waals surface area (Å²) in [5.74, 6) is -0.625. The van der Waals surface area contributed by atoms with Crippen molar-refractivity contribution in [2.45, 2.75) is 108 Å². The van der Waals surface area contributed by atoms with Gasteiger partial charge in [0.15, 0.2) is 9.84 Å². The highest BCUT2D eigenvalue weighted by Crippen LogP contribution is 2.37. The van der Waals surface area contributed by atoms with Gasteiger partial charge in [-0.25, -0.2) is 18.4 Å². The molecule has 0 aliphatic carbocycles. The Kier molecular flexibility index (Phi) is 16.3. The maximum atomic E-state index is 13.3. The summed E-state index contributed by atoms with van der Waals surface area (Å²) < 4.78 is 49.8. The first kappa shape index (κ1) is 50.1. The molecule has 1 N–H and O–H groups in total. The Labute approximate surface area is 402 Å². The molecule has 4 heterocycles. The van der Waals surface area contributed by atoms with Crippen LogP contribution in [-0.2, 0) is 46.5 Å². The number of carbonyl (C=O) groups is 5. The fourth-order valence-corrected chi connectivity index (χ4v) is 10.2. The first-order chi connectivity index (χ1) is 32.5. The minimum Gasteiger partial charge on any atom is -0.491 e. The van der Waals surface area contributed by atoms with Crippen molar-refractivity contribution in [1.82, 2.24) is 25.1 Å². The molecule has 16 nitrogen and oxygen atoms in total. The molecule has 0 saturated carbocycles. The molecule has 3 aromatic carbocycles. The third-order valence-corrected chi connectivity index (χ3v) is 14.9. The molecule has 5 amide bonds. The zero-order valence-corrected chi connectivity index (χ0v) is 40.6. The number of fused-ring (bicyclic) bond motifs is 1. The van der Waals surface area contributed by atoms with Crippen molar-refractivity contribution in [3.05, 3.63) is 111 Å². The molecule has 0 spiro atoms. The number of hydrogen-bond acceptors (Lipinski definition) is 13. The van der Waals surface area contributed by atoms with Crippen LogP contribution in [-0.4, -0.2) is 121 Å². The molecule has 0 bridgehead atoms. The Hall–Kier alpha value is -5.75. The standard InChI is InChI=1S/C50H58ClN5O11S/c1-30(2)67-42-28-37(32(5)25-35(42)27-44-52-29-38(51)39(53-44)26-34-9-6-7-12-43(34)68(62,63)31(3)4)33-15-18-55(19-16-33)46(58)17-20-64-21-22-65-23-24-66-41-11-8-10-36-47(41)50(61)56(49(36)60)40-13-14-45(57)54-48(40)59/h6-12,25,28-31,33,40H,13-24,26-27H2,1-5H3,(H,54,57,59). The Balaban J connectivity index is 0.849. The Morgan fingerprint density at radius 3 is 2.29 bits per heavy atom. The highest BCUT2D eigenvalue weighted by Gasteiger charge is 2.46. The van der Waals surface area contributed by atoms with E-state index in [1.54, 1.807) is 50.4 Å². The molecule has 4 aromatic rings. The van der Waals surface area contributed by atoms with Crippen LogP contribution < -0.4 is 14.8 Å². The number of aryl methyl sites for hydroxylation is 1. The van der Waals surface area contributed by atoms with Gasteiger partial charge in [-0.3, -0.25) is 34.2 Å². The summed E-state index contributed by atoms with van der Waals surface area (Å²) in [6, 6.07) is 14.8. The van der Waals surface area contributed by atoms with Crippen LogP contribution in [0, 0.1) is 6.92 Å². The van der Waals surface area contributed by atoms with E-state index in [1.807, 2.05) is 24.8 Å². The van der Waals surface area contributed by atoms with Crippen LogP contribution in [0.1, 0.15) is 120 Å². The van der Waals surface area contributed by atoms with Crippen LogP contribution in [0.2, 0.25) is 5.02 Å². The smallest absolute Gasteiger partial charge is 0.266 e. The average Bonchev–Trinajstić information content (AvgIpc) is 3.56. The number of aromatic nitrogens is 2. The molecule has 7 rings (SSSR count). The van der Waals surface area contributed by atoms with Crippen LogP contribution >= 0.6 is 11.6 Å². The van der Waals surface area contributed by atoms with Gasteiger partial charge in [-0.15, -0.1) is 0 Å². The van der Waals surface area contributed by atoms with E-state index in [2.05, 4.69) is 29.4 Å². The summed E-state index contributed by atoms with van der Waals surface area (Å²) in [6.45, 7) is 11.7. The van der Waals surface area contributed by atoms with Gasteiger partial charge in [-0.05, 0) is 101 Å². The summed E-state index contributed by atoms with van der Waals surface area (Å²) in [7, 11) is -3.52. The Morgan fingerprint density at radius 2 is 1.57 bits per heavy atom. The van der Waals surface area contributed by atoms with Gasteiger partial charge >= 0.3 is 0 Å². The van der Waals surface area contributed by atoms with Crippen LogP contribution in [0.5, 0.6) is 11.5 Å². The number of piperidine rings is 2. The van der Waals surface area contributed by atoms with Crippen molar-refractivity contribution in [3.63, 3.8) is 0 Å². The summed E-state index contributed by atoms with van der Waals surface area (Å²) >= 11 is 6.59. The maximum Gasteiger partial charge on any atom is 0.266 e. The molecule has 18 heteroatoms. The van der Waals surface area contributed by atoms with E-state index >= 15 is 0 Å². The second kappa shape index (κ2) is 22.1.